The third-order valence-electron chi connectivity index (χ3n) is 6.78. The van der Waals surface area contributed by atoms with Gasteiger partial charge in [0.25, 0.3) is 5.91 Å². The molecule has 4 rings (SSSR count). The number of pyridine rings is 1. The standard InChI is InChI=1S/C30H34N4O4S/c1-20(2)16-23-17-24(33-38)11-12-26(23)39-19-30(18-22-8-5-4-6-9-22,34-27(35)13-14-28(34)36)29(37)32-25-10-7-15-31-21(25)3/h4-12,15,17,20,33,38H,13-14,16,18-19H2,1-3H3,(H,32,37)/t30-/m1/s1. The Morgan fingerprint density at radius 2 is 1.79 bits per heavy atom. The van der Waals surface area contributed by atoms with Gasteiger partial charge in [-0.3, -0.25) is 35.0 Å². The van der Waals surface area contributed by atoms with Gasteiger partial charge >= 0.3 is 0 Å². The number of thioether (sulfide) groups is 1. The largest absolute Gasteiger partial charge is 0.322 e. The lowest BCUT2D eigenvalue weighted by atomic mass is 9.89. The predicted octanol–water partition coefficient (Wildman–Crippen LogP) is 5.25. The zero-order valence-corrected chi connectivity index (χ0v) is 23.3. The molecule has 8 nitrogen and oxygen atoms in total. The van der Waals surface area contributed by atoms with Crippen molar-refractivity contribution in [1.29, 1.82) is 0 Å². The van der Waals surface area contributed by atoms with Gasteiger partial charge < -0.3 is 5.32 Å². The van der Waals surface area contributed by atoms with Crippen LogP contribution < -0.4 is 10.8 Å². The van der Waals surface area contributed by atoms with Crippen molar-refractivity contribution in [3.05, 3.63) is 83.7 Å². The Balaban J connectivity index is 1.80. The minimum atomic E-state index is -1.48. The summed E-state index contributed by atoms with van der Waals surface area (Å²) in [4.78, 5) is 47.1. The minimum Gasteiger partial charge on any atom is -0.322 e. The van der Waals surface area contributed by atoms with Crippen LogP contribution in [-0.4, -0.2) is 44.1 Å². The predicted molar refractivity (Wildman–Crippen MR) is 153 cm³/mol. The van der Waals surface area contributed by atoms with Crippen molar-refractivity contribution < 1.29 is 19.6 Å². The molecule has 0 spiro atoms. The normalized spacial score (nSPS) is 14.9. The zero-order chi connectivity index (χ0) is 28.0. The molecule has 0 aliphatic carbocycles. The third-order valence-corrected chi connectivity index (χ3v) is 8.11. The minimum absolute atomic E-state index is 0.0781. The molecule has 0 unspecified atom stereocenters. The number of imide groups is 1. The van der Waals surface area contributed by atoms with Gasteiger partial charge in [-0.2, -0.15) is 0 Å². The molecule has 3 amide bonds. The van der Waals surface area contributed by atoms with E-state index in [4.69, 9.17) is 0 Å². The van der Waals surface area contributed by atoms with E-state index in [1.54, 1.807) is 31.3 Å². The van der Waals surface area contributed by atoms with Crippen LogP contribution in [0.3, 0.4) is 0 Å². The first-order chi connectivity index (χ1) is 18.7. The molecule has 3 N–H and O–H groups in total. The molecular weight excluding hydrogens is 512 g/mol. The summed E-state index contributed by atoms with van der Waals surface area (Å²) in [5.74, 6) is -0.626. The molecule has 39 heavy (non-hydrogen) atoms. The Kier molecular flexibility index (Phi) is 9.04. The molecule has 2 aromatic carbocycles. The Morgan fingerprint density at radius 1 is 1.08 bits per heavy atom. The van der Waals surface area contributed by atoms with E-state index in [0.717, 1.165) is 22.4 Å². The van der Waals surface area contributed by atoms with Crippen molar-refractivity contribution in [1.82, 2.24) is 9.88 Å². The number of amides is 3. The Bertz CT molecular complexity index is 1330. The number of likely N-dealkylation sites (tertiary alicyclic amines) is 1. The highest BCUT2D eigenvalue weighted by Gasteiger charge is 2.52. The Morgan fingerprint density at radius 3 is 2.44 bits per heavy atom. The van der Waals surface area contributed by atoms with E-state index in [9.17, 15) is 19.6 Å². The van der Waals surface area contributed by atoms with Crippen molar-refractivity contribution in [2.45, 2.75) is 56.9 Å². The van der Waals surface area contributed by atoms with Crippen LogP contribution in [0.15, 0.2) is 71.8 Å². The number of carbonyl (C=O) groups is 3. The van der Waals surface area contributed by atoms with Crippen molar-refractivity contribution in [2.75, 3.05) is 16.5 Å². The number of hydrogen-bond donors (Lipinski definition) is 3. The summed E-state index contributed by atoms with van der Waals surface area (Å²) in [6, 6.07) is 18.5. The van der Waals surface area contributed by atoms with Gasteiger partial charge in [0, 0.05) is 36.1 Å². The zero-order valence-electron chi connectivity index (χ0n) is 22.4. The highest BCUT2D eigenvalue weighted by atomic mass is 32.2. The van der Waals surface area contributed by atoms with Gasteiger partial charge in [-0.1, -0.05) is 44.2 Å². The maximum atomic E-state index is 14.3. The van der Waals surface area contributed by atoms with Crippen molar-refractivity contribution in [2.24, 2.45) is 5.92 Å². The molecule has 1 aliphatic rings. The number of nitrogens with zero attached hydrogens (tertiary/aromatic N) is 2. The number of aromatic nitrogens is 1. The maximum absolute atomic E-state index is 14.3. The summed E-state index contributed by atoms with van der Waals surface area (Å²) < 4.78 is 0. The summed E-state index contributed by atoms with van der Waals surface area (Å²) in [6.07, 6.45) is 2.72. The fourth-order valence-electron chi connectivity index (χ4n) is 4.87. The lowest BCUT2D eigenvalue weighted by Gasteiger charge is -2.39. The lowest BCUT2D eigenvalue weighted by molar-refractivity contribution is -0.150. The van der Waals surface area contributed by atoms with Crippen LogP contribution in [0.1, 0.15) is 43.5 Å². The molecular formula is C30H34N4O4S. The first-order valence-corrected chi connectivity index (χ1v) is 14.0. The van der Waals surface area contributed by atoms with E-state index in [1.807, 2.05) is 42.5 Å². The summed E-state index contributed by atoms with van der Waals surface area (Å²) >= 11 is 1.44. The molecule has 3 aromatic rings. The third kappa shape index (κ3) is 6.49. The second-order valence-corrected chi connectivity index (χ2v) is 11.2. The molecule has 0 bridgehead atoms. The fraction of sp³-hybridized carbons (Fsp3) is 0.333. The number of rotatable bonds is 11. The van der Waals surface area contributed by atoms with E-state index in [-0.39, 0.29) is 36.8 Å². The van der Waals surface area contributed by atoms with Crippen molar-refractivity contribution >= 4 is 40.9 Å². The van der Waals surface area contributed by atoms with Crippen molar-refractivity contribution in [3.8, 4) is 0 Å². The van der Waals surface area contributed by atoms with E-state index in [2.05, 4.69) is 29.6 Å². The summed E-state index contributed by atoms with van der Waals surface area (Å²) in [5.41, 5.74) is 4.30. The quantitative estimate of drug-likeness (QED) is 0.171. The second kappa shape index (κ2) is 12.4. The highest BCUT2D eigenvalue weighted by Crippen LogP contribution is 2.37. The summed E-state index contributed by atoms with van der Waals surface area (Å²) in [5, 5.41) is 12.4. The van der Waals surface area contributed by atoms with Crippen LogP contribution in [0.2, 0.25) is 0 Å². The van der Waals surface area contributed by atoms with Crippen LogP contribution >= 0.6 is 11.8 Å². The van der Waals surface area contributed by atoms with Gasteiger partial charge in [-0.15, -0.1) is 11.8 Å². The van der Waals surface area contributed by atoms with Crippen LogP contribution in [0, 0.1) is 12.8 Å². The molecule has 1 fully saturated rings. The van der Waals surface area contributed by atoms with Crippen molar-refractivity contribution in [3.63, 3.8) is 0 Å². The van der Waals surface area contributed by atoms with Crippen LogP contribution in [0.5, 0.6) is 0 Å². The number of anilines is 2. The van der Waals surface area contributed by atoms with Gasteiger partial charge in [-0.25, -0.2) is 0 Å². The monoisotopic (exact) mass is 546 g/mol. The van der Waals surface area contributed by atoms with Crippen LogP contribution in [0.4, 0.5) is 11.4 Å². The lowest BCUT2D eigenvalue weighted by Crippen LogP contribution is -2.62. The van der Waals surface area contributed by atoms with Crippen LogP contribution in [-0.2, 0) is 27.2 Å². The Hall–Kier alpha value is -3.69. The average Bonchev–Trinajstić information content (AvgIpc) is 3.26. The molecule has 1 atom stereocenters. The molecule has 2 heterocycles. The van der Waals surface area contributed by atoms with Gasteiger partial charge in [0.1, 0.15) is 5.54 Å². The molecule has 1 aromatic heterocycles. The smallest absolute Gasteiger partial charge is 0.252 e. The SMILES string of the molecule is Cc1ncccc1NC(=O)[C@](CSc1ccc(NO)cc1CC(C)C)(Cc1ccccc1)N1C(=O)CCC1=O. The van der Waals surface area contributed by atoms with Gasteiger partial charge in [0.05, 0.1) is 17.1 Å². The molecule has 0 radical (unpaired) electrons. The summed E-state index contributed by atoms with van der Waals surface area (Å²) in [6.45, 7) is 6.02. The maximum Gasteiger partial charge on any atom is 0.252 e. The first-order valence-electron chi connectivity index (χ1n) is 13.0. The van der Waals surface area contributed by atoms with Gasteiger partial charge in [0.2, 0.25) is 11.8 Å². The molecule has 1 aliphatic heterocycles. The second-order valence-electron chi connectivity index (χ2n) is 10.2. The number of carbonyl (C=O) groups excluding carboxylic acids is 3. The molecule has 0 saturated carbocycles. The first kappa shape index (κ1) is 28.3. The summed E-state index contributed by atoms with van der Waals surface area (Å²) in [7, 11) is 0. The molecule has 9 heteroatoms. The number of hydrogen-bond acceptors (Lipinski definition) is 7. The number of nitrogens with one attached hydrogen (secondary N) is 2. The van der Waals surface area contributed by atoms with Crippen LogP contribution in [0.25, 0.3) is 0 Å². The average molecular weight is 547 g/mol. The Labute approximate surface area is 233 Å². The van der Waals surface area contributed by atoms with E-state index < -0.39 is 11.4 Å². The highest BCUT2D eigenvalue weighted by molar-refractivity contribution is 7.99. The fourth-order valence-corrected chi connectivity index (χ4v) is 6.12. The number of benzene rings is 2. The van der Waals surface area contributed by atoms with E-state index in [0.29, 0.717) is 23.0 Å². The molecule has 204 valence electrons. The van der Waals surface area contributed by atoms with E-state index in [1.165, 1.54) is 16.7 Å². The van der Waals surface area contributed by atoms with Gasteiger partial charge in [-0.05, 0) is 60.7 Å². The van der Waals surface area contributed by atoms with E-state index >= 15 is 0 Å². The number of aryl methyl sites for hydroxylation is 1. The topological polar surface area (TPSA) is 112 Å². The van der Waals surface area contributed by atoms with Gasteiger partial charge in [0.15, 0.2) is 0 Å². The molecule has 1 saturated heterocycles.